The third-order valence-corrected chi connectivity index (χ3v) is 5.15. The van der Waals surface area contributed by atoms with Crippen LogP contribution in [-0.4, -0.2) is 39.1 Å². The Labute approximate surface area is 129 Å². The summed E-state index contributed by atoms with van der Waals surface area (Å²) in [6, 6.07) is 0. The first-order valence-electron chi connectivity index (χ1n) is 7.74. The number of carbonyl (C=O) groups excluding carboxylic acids is 2. The molecule has 4 aliphatic carbocycles. The lowest BCUT2D eigenvalue weighted by molar-refractivity contribution is -0.255. The monoisotopic (exact) mass is 310 g/mol. The van der Waals surface area contributed by atoms with Crippen molar-refractivity contribution in [3.8, 4) is 0 Å². The molecule has 2 unspecified atom stereocenters. The molecule has 0 aromatic heterocycles. The number of hydrogen-bond donors (Lipinski definition) is 2. The molecule has 22 heavy (non-hydrogen) atoms. The number of ether oxygens (including phenoxy) is 2. The molecule has 0 amide bonds. The van der Waals surface area contributed by atoms with Crippen LogP contribution in [0.5, 0.6) is 0 Å². The molecule has 0 heterocycles. The molecular weight excluding hydrogens is 288 g/mol. The van der Waals surface area contributed by atoms with Gasteiger partial charge in [-0.15, -0.1) is 0 Å². The van der Waals surface area contributed by atoms with Gasteiger partial charge < -0.3 is 19.7 Å². The standard InChI is InChI=1S/C16H22O6/c1-3-10(2)12(17)21-13(18)22-16-6-11-4-14(19,8-16)7-15(20,5-11)9-16/h11,19-20H,2-9H2,1H3. The third kappa shape index (κ3) is 2.65. The fraction of sp³-hybridized carbons (Fsp3) is 0.750. The van der Waals surface area contributed by atoms with Crippen molar-refractivity contribution in [1.82, 2.24) is 0 Å². The van der Waals surface area contributed by atoms with Crippen LogP contribution in [0, 0.1) is 5.92 Å². The predicted molar refractivity (Wildman–Crippen MR) is 75.8 cm³/mol. The van der Waals surface area contributed by atoms with Crippen molar-refractivity contribution in [2.24, 2.45) is 5.92 Å². The summed E-state index contributed by atoms with van der Waals surface area (Å²) in [5.41, 5.74) is -2.73. The van der Waals surface area contributed by atoms with Crippen molar-refractivity contribution in [3.05, 3.63) is 12.2 Å². The van der Waals surface area contributed by atoms with Crippen LogP contribution in [0.15, 0.2) is 12.2 Å². The predicted octanol–water partition coefficient (Wildman–Crippen LogP) is 1.83. The highest BCUT2D eigenvalue weighted by Gasteiger charge is 2.64. The maximum absolute atomic E-state index is 11.9. The topological polar surface area (TPSA) is 93.1 Å². The third-order valence-electron chi connectivity index (χ3n) is 5.15. The molecule has 0 aromatic carbocycles. The Morgan fingerprint density at radius 1 is 1.14 bits per heavy atom. The Bertz CT molecular complexity index is 521. The SMILES string of the molecule is C=C(CC)C(=O)OC(=O)OC12CC3CC(O)(CC(O)(C3)C1)C2. The van der Waals surface area contributed by atoms with E-state index in [1.54, 1.807) is 6.92 Å². The summed E-state index contributed by atoms with van der Waals surface area (Å²) in [5.74, 6) is -0.671. The summed E-state index contributed by atoms with van der Waals surface area (Å²) in [6.45, 7) is 5.25. The van der Waals surface area contributed by atoms with Gasteiger partial charge in [-0.2, -0.15) is 0 Å². The molecule has 2 atom stereocenters. The molecule has 4 aliphatic rings. The normalized spacial score (nSPS) is 42.0. The fourth-order valence-electron chi connectivity index (χ4n) is 4.85. The summed E-state index contributed by atoms with van der Waals surface area (Å²) < 4.78 is 10.0. The van der Waals surface area contributed by atoms with Crippen LogP contribution in [0.25, 0.3) is 0 Å². The Balaban J connectivity index is 1.71. The van der Waals surface area contributed by atoms with Crippen molar-refractivity contribution in [1.29, 1.82) is 0 Å². The highest BCUT2D eigenvalue weighted by molar-refractivity contribution is 5.94. The molecule has 0 aliphatic heterocycles. The van der Waals surface area contributed by atoms with E-state index < -0.39 is 28.9 Å². The van der Waals surface area contributed by atoms with E-state index in [1.165, 1.54) is 0 Å². The van der Waals surface area contributed by atoms with Crippen LogP contribution in [0.4, 0.5) is 4.79 Å². The van der Waals surface area contributed by atoms with Gasteiger partial charge in [0.15, 0.2) is 0 Å². The van der Waals surface area contributed by atoms with Gasteiger partial charge in [-0.1, -0.05) is 13.5 Å². The molecule has 0 spiro atoms. The maximum Gasteiger partial charge on any atom is 0.516 e. The van der Waals surface area contributed by atoms with E-state index in [9.17, 15) is 19.8 Å². The molecule has 4 bridgehead atoms. The van der Waals surface area contributed by atoms with Gasteiger partial charge in [-0.3, -0.25) is 0 Å². The molecule has 0 aromatic rings. The molecule has 4 fully saturated rings. The highest BCUT2D eigenvalue weighted by atomic mass is 16.7. The second kappa shape index (κ2) is 4.80. The molecule has 6 heteroatoms. The molecule has 0 radical (unpaired) electrons. The lowest BCUT2D eigenvalue weighted by atomic mass is 9.50. The van der Waals surface area contributed by atoms with Crippen LogP contribution in [0.1, 0.15) is 51.9 Å². The molecule has 4 saturated carbocycles. The van der Waals surface area contributed by atoms with E-state index in [0.29, 0.717) is 32.1 Å². The summed E-state index contributed by atoms with van der Waals surface area (Å²) in [4.78, 5) is 23.5. The lowest BCUT2D eigenvalue weighted by Crippen LogP contribution is -2.67. The van der Waals surface area contributed by atoms with Crippen molar-refractivity contribution >= 4 is 12.1 Å². The van der Waals surface area contributed by atoms with Gasteiger partial charge >= 0.3 is 12.1 Å². The Morgan fingerprint density at radius 3 is 2.23 bits per heavy atom. The van der Waals surface area contributed by atoms with Crippen LogP contribution >= 0.6 is 0 Å². The first kappa shape index (κ1) is 15.5. The average Bonchev–Trinajstić information content (AvgIpc) is 2.31. The second-order valence-electron chi connectivity index (χ2n) is 7.34. The number of aliphatic hydroxyl groups is 2. The highest BCUT2D eigenvalue weighted by Crippen LogP contribution is 2.60. The van der Waals surface area contributed by atoms with Gasteiger partial charge in [0.05, 0.1) is 11.2 Å². The minimum Gasteiger partial charge on any atom is -0.427 e. The molecule has 0 saturated heterocycles. The van der Waals surface area contributed by atoms with Crippen LogP contribution < -0.4 is 0 Å². The van der Waals surface area contributed by atoms with E-state index >= 15 is 0 Å². The summed E-state index contributed by atoms with van der Waals surface area (Å²) in [6.07, 6.45) is 2.06. The van der Waals surface area contributed by atoms with Gasteiger partial charge in [0.25, 0.3) is 0 Å². The van der Waals surface area contributed by atoms with Gasteiger partial charge in [0.2, 0.25) is 0 Å². The smallest absolute Gasteiger partial charge is 0.427 e. The van der Waals surface area contributed by atoms with E-state index in [2.05, 4.69) is 11.3 Å². The molecule has 4 rings (SSSR count). The molecule has 6 nitrogen and oxygen atoms in total. The van der Waals surface area contributed by atoms with Gasteiger partial charge in [-0.25, -0.2) is 9.59 Å². The van der Waals surface area contributed by atoms with E-state index in [4.69, 9.17) is 4.74 Å². The summed E-state index contributed by atoms with van der Waals surface area (Å²) in [5, 5.41) is 21.2. The molecule has 122 valence electrons. The first-order valence-corrected chi connectivity index (χ1v) is 7.74. The zero-order chi connectivity index (χ0) is 16.2. The van der Waals surface area contributed by atoms with E-state index in [-0.39, 0.29) is 24.3 Å². The summed E-state index contributed by atoms with van der Waals surface area (Å²) in [7, 11) is 0. The minimum atomic E-state index is -1.08. The molecular formula is C16H22O6. The summed E-state index contributed by atoms with van der Waals surface area (Å²) >= 11 is 0. The van der Waals surface area contributed by atoms with E-state index in [0.717, 1.165) is 0 Å². The van der Waals surface area contributed by atoms with Gasteiger partial charge in [0, 0.05) is 24.8 Å². The number of hydrogen-bond acceptors (Lipinski definition) is 6. The first-order chi connectivity index (χ1) is 10.2. The van der Waals surface area contributed by atoms with Crippen molar-refractivity contribution in [2.75, 3.05) is 0 Å². The molecule has 2 N–H and O–H groups in total. The van der Waals surface area contributed by atoms with Crippen molar-refractivity contribution in [2.45, 2.75) is 68.7 Å². The minimum absolute atomic E-state index is 0.125. The largest absolute Gasteiger partial charge is 0.516 e. The Kier molecular flexibility index (Phi) is 3.38. The van der Waals surface area contributed by atoms with Gasteiger partial charge in [0.1, 0.15) is 5.60 Å². The zero-order valence-corrected chi connectivity index (χ0v) is 12.8. The zero-order valence-electron chi connectivity index (χ0n) is 12.8. The number of esters is 1. The van der Waals surface area contributed by atoms with Crippen molar-refractivity contribution in [3.63, 3.8) is 0 Å². The van der Waals surface area contributed by atoms with E-state index in [1.807, 2.05) is 0 Å². The Morgan fingerprint density at radius 2 is 1.73 bits per heavy atom. The maximum atomic E-state index is 11.9. The van der Waals surface area contributed by atoms with Gasteiger partial charge in [-0.05, 0) is 31.6 Å². The quantitative estimate of drug-likeness (QED) is 0.469. The van der Waals surface area contributed by atoms with Crippen molar-refractivity contribution < 1.29 is 29.3 Å². The van der Waals surface area contributed by atoms with Crippen LogP contribution in [-0.2, 0) is 14.3 Å². The number of rotatable bonds is 3. The lowest BCUT2D eigenvalue weighted by Gasteiger charge is -2.61. The fourth-order valence-corrected chi connectivity index (χ4v) is 4.85. The van der Waals surface area contributed by atoms with Crippen LogP contribution in [0.3, 0.4) is 0 Å². The van der Waals surface area contributed by atoms with Crippen LogP contribution in [0.2, 0.25) is 0 Å². The Hall–Kier alpha value is -1.40. The number of carbonyl (C=O) groups is 2. The second-order valence-corrected chi connectivity index (χ2v) is 7.34. The average molecular weight is 310 g/mol.